The van der Waals surface area contributed by atoms with Gasteiger partial charge in [-0.3, -0.25) is 4.98 Å². The molecule has 0 fully saturated rings. The van der Waals surface area contributed by atoms with Gasteiger partial charge in [-0.15, -0.1) is 0 Å². The first kappa shape index (κ1) is 9.71. The zero-order valence-electron chi connectivity index (χ0n) is 8.60. The monoisotopic (exact) mass is 203 g/mol. The van der Waals surface area contributed by atoms with E-state index in [9.17, 15) is 0 Å². The van der Waals surface area contributed by atoms with E-state index in [0.29, 0.717) is 5.88 Å². The van der Waals surface area contributed by atoms with Crippen LogP contribution in [0.15, 0.2) is 28.9 Å². The summed E-state index contributed by atoms with van der Waals surface area (Å²) in [4.78, 5) is 4.24. The minimum absolute atomic E-state index is 0.345. The molecule has 78 valence electrons. The molecule has 0 aromatic carbocycles. The van der Waals surface area contributed by atoms with Crippen molar-refractivity contribution in [1.82, 2.24) is 10.1 Å². The molecule has 0 spiro atoms. The van der Waals surface area contributed by atoms with Crippen LogP contribution in [0.3, 0.4) is 0 Å². The van der Waals surface area contributed by atoms with Crippen molar-refractivity contribution in [3.63, 3.8) is 0 Å². The van der Waals surface area contributed by atoms with Crippen molar-refractivity contribution < 1.29 is 4.52 Å². The number of rotatable bonds is 3. The summed E-state index contributed by atoms with van der Waals surface area (Å²) in [5.74, 6) is 0.345. The van der Waals surface area contributed by atoms with Gasteiger partial charge < -0.3 is 10.3 Å². The van der Waals surface area contributed by atoms with Crippen LogP contribution in [0.25, 0.3) is 11.3 Å². The molecule has 2 aromatic rings. The maximum atomic E-state index is 5.73. The van der Waals surface area contributed by atoms with Crippen molar-refractivity contribution in [2.24, 2.45) is 0 Å². The number of pyridine rings is 1. The van der Waals surface area contributed by atoms with Gasteiger partial charge in [-0.2, -0.15) is 0 Å². The SMILES string of the molecule is CCCc1noc(N)c1-c1ccccn1. The molecular formula is C11H13N3O. The first-order chi connectivity index (χ1) is 7.33. The summed E-state index contributed by atoms with van der Waals surface area (Å²) in [7, 11) is 0. The number of aryl methyl sites for hydroxylation is 1. The van der Waals surface area contributed by atoms with E-state index in [1.54, 1.807) is 6.20 Å². The van der Waals surface area contributed by atoms with Gasteiger partial charge in [0.05, 0.1) is 17.0 Å². The number of nitrogen functional groups attached to an aromatic ring is 1. The third-order valence-electron chi connectivity index (χ3n) is 2.20. The first-order valence-corrected chi connectivity index (χ1v) is 4.98. The van der Waals surface area contributed by atoms with E-state index in [4.69, 9.17) is 10.3 Å². The fourth-order valence-corrected chi connectivity index (χ4v) is 1.53. The van der Waals surface area contributed by atoms with Gasteiger partial charge in [-0.25, -0.2) is 0 Å². The Hall–Kier alpha value is -1.84. The highest BCUT2D eigenvalue weighted by Gasteiger charge is 2.15. The van der Waals surface area contributed by atoms with Crippen molar-refractivity contribution in [3.05, 3.63) is 30.1 Å². The molecular weight excluding hydrogens is 190 g/mol. The third kappa shape index (κ3) is 1.83. The molecule has 0 aliphatic heterocycles. The van der Waals surface area contributed by atoms with Gasteiger partial charge in [0.15, 0.2) is 0 Å². The Morgan fingerprint density at radius 3 is 2.93 bits per heavy atom. The van der Waals surface area contributed by atoms with Crippen molar-refractivity contribution in [1.29, 1.82) is 0 Å². The van der Waals surface area contributed by atoms with Crippen molar-refractivity contribution in [2.75, 3.05) is 5.73 Å². The minimum Gasteiger partial charge on any atom is -0.367 e. The van der Waals surface area contributed by atoms with Gasteiger partial charge >= 0.3 is 0 Å². The normalized spacial score (nSPS) is 10.5. The van der Waals surface area contributed by atoms with Crippen LogP contribution >= 0.6 is 0 Å². The van der Waals surface area contributed by atoms with Gasteiger partial charge in [0.2, 0.25) is 5.88 Å². The number of hydrogen-bond acceptors (Lipinski definition) is 4. The fourth-order valence-electron chi connectivity index (χ4n) is 1.53. The molecule has 2 heterocycles. The second-order valence-electron chi connectivity index (χ2n) is 3.33. The predicted octanol–water partition coefficient (Wildman–Crippen LogP) is 2.27. The third-order valence-corrected chi connectivity index (χ3v) is 2.20. The second kappa shape index (κ2) is 4.13. The Labute approximate surface area is 88.1 Å². The van der Waals surface area contributed by atoms with Crippen LogP contribution in [-0.2, 0) is 6.42 Å². The average Bonchev–Trinajstić information content (AvgIpc) is 2.62. The molecule has 0 unspecified atom stereocenters. The fraction of sp³-hybridized carbons (Fsp3) is 0.273. The second-order valence-corrected chi connectivity index (χ2v) is 3.33. The van der Waals surface area contributed by atoms with E-state index in [0.717, 1.165) is 29.8 Å². The lowest BCUT2D eigenvalue weighted by atomic mass is 10.1. The zero-order chi connectivity index (χ0) is 10.7. The Balaban J connectivity index is 2.47. The molecule has 2 rings (SSSR count). The van der Waals surface area contributed by atoms with E-state index in [2.05, 4.69) is 17.1 Å². The number of nitrogens with zero attached hydrogens (tertiary/aromatic N) is 2. The summed E-state index contributed by atoms with van der Waals surface area (Å²) in [6.45, 7) is 2.09. The molecule has 4 nitrogen and oxygen atoms in total. The minimum atomic E-state index is 0.345. The lowest BCUT2D eigenvalue weighted by molar-refractivity contribution is 0.427. The van der Waals surface area contributed by atoms with E-state index in [1.807, 2.05) is 18.2 Å². The molecule has 0 amide bonds. The molecule has 0 bridgehead atoms. The van der Waals surface area contributed by atoms with Gasteiger partial charge in [0.25, 0.3) is 0 Å². The molecule has 0 aliphatic rings. The van der Waals surface area contributed by atoms with Gasteiger partial charge in [0.1, 0.15) is 0 Å². The summed E-state index contributed by atoms with van der Waals surface area (Å²) in [6.07, 6.45) is 3.59. The van der Waals surface area contributed by atoms with Crippen molar-refractivity contribution >= 4 is 5.88 Å². The highest BCUT2D eigenvalue weighted by molar-refractivity contribution is 5.71. The first-order valence-electron chi connectivity index (χ1n) is 4.98. The smallest absolute Gasteiger partial charge is 0.231 e. The summed E-state index contributed by atoms with van der Waals surface area (Å²) in [6, 6.07) is 5.69. The van der Waals surface area contributed by atoms with Crippen LogP contribution in [0.2, 0.25) is 0 Å². The maximum absolute atomic E-state index is 5.73. The van der Waals surface area contributed by atoms with Gasteiger partial charge in [-0.1, -0.05) is 24.6 Å². The standard InChI is InChI=1S/C11H13N3O/c1-2-5-9-10(11(12)15-14-9)8-6-3-4-7-13-8/h3-4,6-7H,2,5,12H2,1H3. The van der Waals surface area contributed by atoms with Crippen molar-refractivity contribution in [2.45, 2.75) is 19.8 Å². The Morgan fingerprint density at radius 1 is 1.40 bits per heavy atom. The Morgan fingerprint density at radius 2 is 2.27 bits per heavy atom. The van der Waals surface area contributed by atoms with E-state index < -0.39 is 0 Å². The lowest BCUT2D eigenvalue weighted by Gasteiger charge is -1.99. The summed E-state index contributed by atoms with van der Waals surface area (Å²) < 4.78 is 4.99. The molecule has 0 saturated heterocycles. The van der Waals surface area contributed by atoms with E-state index >= 15 is 0 Å². The molecule has 0 radical (unpaired) electrons. The molecule has 15 heavy (non-hydrogen) atoms. The van der Waals surface area contributed by atoms with Gasteiger partial charge in [0, 0.05) is 6.20 Å². The van der Waals surface area contributed by atoms with E-state index in [-0.39, 0.29) is 0 Å². The van der Waals surface area contributed by atoms with Crippen LogP contribution in [0.4, 0.5) is 5.88 Å². The quantitative estimate of drug-likeness (QED) is 0.831. The maximum Gasteiger partial charge on any atom is 0.231 e. The number of hydrogen-bond donors (Lipinski definition) is 1. The molecule has 0 aliphatic carbocycles. The largest absolute Gasteiger partial charge is 0.367 e. The molecule has 2 aromatic heterocycles. The topological polar surface area (TPSA) is 64.9 Å². The molecule has 0 saturated carbocycles. The highest BCUT2D eigenvalue weighted by atomic mass is 16.5. The number of nitrogens with two attached hydrogens (primary N) is 1. The molecule has 2 N–H and O–H groups in total. The zero-order valence-corrected chi connectivity index (χ0v) is 8.60. The van der Waals surface area contributed by atoms with Crippen LogP contribution in [0, 0.1) is 0 Å². The Bertz CT molecular complexity index is 436. The molecule has 4 heteroatoms. The number of anilines is 1. The predicted molar refractivity (Wildman–Crippen MR) is 58.1 cm³/mol. The summed E-state index contributed by atoms with van der Waals surface area (Å²) >= 11 is 0. The number of aromatic nitrogens is 2. The average molecular weight is 203 g/mol. The van der Waals surface area contributed by atoms with Gasteiger partial charge in [-0.05, 0) is 18.6 Å². The van der Waals surface area contributed by atoms with Crippen LogP contribution < -0.4 is 5.73 Å². The molecule has 0 atom stereocenters. The Kier molecular flexibility index (Phi) is 2.67. The van der Waals surface area contributed by atoms with Crippen molar-refractivity contribution in [3.8, 4) is 11.3 Å². The summed E-state index contributed by atoms with van der Waals surface area (Å²) in [5, 5.41) is 3.94. The lowest BCUT2D eigenvalue weighted by Crippen LogP contribution is -1.92. The van der Waals surface area contributed by atoms with Crippen LogP contribution in [-0.4, -0.2) is 10.1 Å². The van der Waals surface area contributed by atoms with Crippen LogP contribution in [0.5, 0.6) is 0 Å². The summed E-state index contributed by atoms with van der Waals surface area (Å²) in [5.41, 5.74) is 8.27. The van der Waals surface area contributed by atoms with E-state index in [1.165, 1.54) is 0 Å². The van der Waals surface area contributed by atoms with Crippen LogP contribution in [0.1, 0.15) is 19.0 Å². The highest BCUT2D eigenvalue weighted by Crippen LogP contribution is 2.28.